The van der Waals surface area contributed by atoms with Gasteiger partial charge >= 0.3 is 0 Å². The van der Waals surface area contributed by atoms with E-state index in [0.717, 1.165) is 18.6 Å². The van der Waals surface area contributed by atoms with Gasteiger partial charge < -0.3 is 5.11 Å². The van der Waals surface area contributed by atoms with Gasteiger partial charge in [-0.3, -0.25) is 4.79 Å². The first-order chi connectivity index (χ1) is 5.81. The molecule has 0 saturated carbocycles. The van der Waals surface area contributed by atoms with E-state index in [9.17, 15) is 4.79 Å². The van der Waals surface area contributed by atoms with Gasteiger partial charge in [-0.1, -0.05) is 6.08 Å². The Hall–Kier alpha value is -0.280. The highest BCUT2D eigenvalue weighted by atomic mass is 32.2. The summed E-state index contributed by atoms with van der Waals surface area (Å²) >= 11 is 1.68. The molecule has 0 aromatic rings. The molecule has 3 heteroatoms. The lowest BCUT2D eigenvalue weighted by atomic mass is 10.2. The lowest BCUT2D eigenvalue weighted by Crippen LogP contribution is -1.93. The summed E-state index contributed by atoms with van der Waals surface area (Å²) in [5, 5.41) is 8.45. The van der Waals surface area contributed by atoms with Crippen LogP contribution in [0.25, 0.3) is 0 Å². The number of aliphatic hydroxyl groups is 1. The Balaban J connectivity index is 3.34. The van der Waals surface area contributed by atoms with Crippen molar-refractivity contribution in [1.82, 2.24) is 0 Å². The Labute approximate surface area is 78.0 Å². The number of rotatable bonds is 7. The second-order valence-electron chi connectivity index (χ2n) is 2.48. The van der Waals surface area contributed by atoms with Crippen molar-refractivity contribution in [1.29, 1.82) is 0 Å². The molecule has 0 fully saturated rings. The molecule has 0 heterocycles. The third-order valence-corrected chi connectivity index (χ3v) is 2.00. The minimum absolute atomic E-state index is 0.183. The molecule has 0 rings (SSSR count). The molecule has 70 valence electrons. The summed E-state index contributed by atoms with van der Waals surface area (Å²) in [5.74, 6) is 1.07. The first-order valence-electron chi connectivity index (χ1n) is 4.10. The summed E-state index contributed by atoms with van der Waals surface area (Å²) in [6, 6.07) is 0. The monoisotopic (exact) mass is 188 g/mol. The Bertz CT molecular complexity index is 143. The van der Waals surface area contributed by atoms with E-state index in [1.54, 1.807) is 17.8 Å². The summed E-state index contributed by atoms with van der Waals surface area (Å²) in [4.78, 5) is 11.0. The SMILES string of the molecule is CSCCC(=O)/C=C/CCCO. The van der Waals surface area contributed by atoms with E-state index in [1.807, 2.05) is 12.3 Å². The van der Waals surface area contributed by atoms with Gasteiger partial charge in [0, 0.05) is 18.8 Å². The molecule has 0 bridgehead atoms. The molecule has 0 saturated heterocycles. The van der Waals surface area contributed by atoms with Crippen molar-refractivity contribution in [3.63, 3.8) is 0 Å². The third kappa shape index (κ3) is 7.82. The van der Waals surface area contributed by atoms with Crippen LogP contribution in [0.2, 0.25) is 0 Å². The number of thioether (sulfide) groups is 1. The van der Waals surface area contributed by atoms with Crippen LogP contribution in [0.5, 0.6) is 0 Å². The highest BCUT2D eigenvalue weighted by Gasteiger charge is 1.93. The largest absolute Gasteiger partial charge is 0.396 e. The van der Waals surface area contributed by atoms with Crippen molar-refractivity contribution < 1.29 is 9.90 Å². The summed E-state index contributed by atoms with van der Waals surface area (Å²) in [7, 11) is 0. The van der Waals surface area contributed by atoms with Crippen LogP contribution in [0.1, 0.15) is 19.3 Å². The fraction of sp³-hybridized carbons (Fsp3) is 0.667. The zero-order chi connectivity index (χ0) is 9.23. The summed E-state index contributed by atoms with van der Waals surface area (Å²) in [5.41, 5.74) is 0. The first-order valence-corrected chi connectivity index (χ1v) is 5.49. The van der Waals surface area contributed by atoms with Crippen LogP contribution in [0.4, 0.5) is 0 Å². The normalized spacial score (nSPS) is 10.8. The lowest BCUT2D eigenvalue weighted by Gasteiger charge is -1.91. The Morgan fingerprint density at radius 1 is 1.58 bits per heavy atom. The predicted molar refractivity (Wildman–Crippen MR) is 53.5 cm³/mol. The average molecular weight is 188 g/mol. The van der Waals surface area contributed by atoms with Gasteiger partial charge in [-0.15, -0.1) is 0 Å². The van der Waals surface area contributed by atoms with Crippen molar-refractivity contribution in [2.45, 2.75) is 19.3 Å². The van der Waals surface area contributed by atoms with Gasteiger partial charge in [0.15, 0.2) is 5.78 Å². The molecule has 0 aromatic heterocycles. The number of hydrogen-bond acceptors (Lipinski definition) is 3. The van der Waals surface area contributed by atoms with Crippen LogP contribution < -0.4 is 0 Å². The standard InChI is InChI=1S/C9H16O2S/c1-12-8-6-9(11)5-3-2-4-7-10/h3,5,10H,2,4,6-8H2,1H3/b5-3+. The van der Waals surface area contributed by atoms with Gasteiger partial charge in [-0.05, 0) is 25.2 Å². The highest BCUT2D eigenvalue weighted by molar-refractivity contribution is 7.98. The van der Waals surface area contributed by atoms with E-state index in [1.165, 1.54) is 0 Å². The second-order valence-corrected chi connectivity index (χ2v) is 3.46. The van der Waals surface area contributed by atoms with E-state index in [2.05, 4.69) is 0 Å². The zero-order valence-electron chi connectivity index (χ0n) is 7.45. The molecule has 0 unspecified atom stereocenters. The minimum atomic E-state index is 0.183. The highest BCUT2D eigenvalue weighted by Crippen LogP contribution is 1.98. The fourth-order valence-corrected chi connectivity index (χ4v) is 1.12. The quantitative estimate of drug-likeness (QED) is 0.487. The second kappa shape index (κ2) is 8.81. The van der Waals surface area contributed by atoms with E-state index in [-0.39, 0.29) is 12.4 Å². The van der Waals surface area contributed by atoms with Crippen LogP contribution in [0.15, 0.2) is 12.2 Å². The fourth-order valence-electron chi connectivity index (χ4n) is 0.710. The molecule has 0 aliphatic carbocycles. The topological polar surface area (TPSA) is 37.3 Å². The minimum Gasteiger partial charge on any atom is -0.396 e. The van der Waals surface area contributed by atoms with Gasteiger partial charge in [0.2, 0.25) is 0 Å². The van der Waals surface area contributed by atoms with Gasteiger partial charge in [0.25, 0.3) is 0 Å². The number of unbranched alkanes of at least 4 members (excludes halogenated alkanes) is 1. The maximum Gasteiger partial charge on any atom is 0.156 e. The van der Waals surface area contributed by atoms with E-state index < -0.39 is 0 Å². The van der Waals surface area contributed by atoms with E-state index in [0.29, 0.717) is 6.42 Å². The maximum absolute atomic E-state index is 11.0. The molecule has 0 aliphatic rings. The van der Waals surface area contributed by atoms with Gasteiger partial charge in [0.05, 0.1) is 0 Å². The van der Waals surface area contributed by atoms with Crippen LogP contribution in [0.3, 0.4) is 0 Å². The van der Waals surface area contributed by atoms with Gasteiger partial charge in [-0.2, -0.15) is 11.8 Å². The van der Waals surface area contributed by atoms with Crippen molar-refractivity contribution >= 4 is 17.5 Å². The maximum atomic E-state index is 11.0. The Morgan fingerprint density at radius 2 is 2.33 bits per heavy atom. The number of allylic oxidation sites excluding steroid dienone is 2. The smallest absolute Gasteiger partial charge is 0.156 e. The summed E-state index contributed by atoms with van der Waals surface area (Å²) < 4.78 is 0. The molecular formula is C9H16O2S. The molecule has 2 nitrogen and oxygen atoms in total. The van der Waals surface area contributed by atoms with E-state index >= 15 is 0 Å². The van der Waals surface area contributed by atoms with Crippen molar-refractivity contribution in [2.24, 2.45) is 0 Å². The molecule has 0 aliphatic heterocycles. The zero-order valence-corrected chi connectivity index (χ0v) is 8.27. The predicted octanol–water partition coefficient (Wildman–Crippen LogP) is 1.64. The van der Waals surface area contributed by atoms with Crippen LogP contribution in [0, 0.1) is 0 Å². The molecule has 0 amide bonds. The molecule has 0 atom stereocenters. The average Bonchev–Trinajstić information content (AvgIpc) is 2.09. The van der Waals surface area contributed by atoms with Crippen molar-refractivity contribution in [2.75, 3.05) is 18.6 Å². The molecule has 12 heavy (non-hydrogen) atoms. The lowest BCUT2D eigenvalue weighted by molar-refractivity contribution is -0.114. The number of carbonyl (C=O) groups excluding carboxylic acids is 1. The first kappa shape index (κ1) is 11.7. The van der Waals surface area contributed by atoms with Crippen molar-refractivity contribution in [3.05, 3.63) is 12.2 Å². The molecule has 0 radical (unpaired) electrons. The summed E-state index contributed by atoms with van der Waals surface area (Å²) in [6.07, 6.45) is 7.60. The van der Waals surface area contributed by atoms with Crippen LogP contribution in [-0.4, -0.2) is 29.5 Å². The van der Waals surface area contributed by atoms with Gasteiger partial charge in [-0.25, -0.2) is 0 Å². The molecule has 1 N–H and O–H groups in total. The Kier molecular flexibility index (Phi) is 8.61. The van der Waals surface area contributed by atoms with Crippen LogP contribution in [-0.2, 0) is 4.79 Å². The number of hydrogen-bond donors (Lipinski definition) is 1. The number of carbonyl (C=O) groups is 1. The number of aliphatic hydroxyl groups excluding tert-OH is 1. The summed E-state index contributed by atoms with van der Waals surface area (Å²) in [6.45, 7) is 0.198. The van der Waals surface area contributed by atoms with Crippen molar-refractivity contribution in [3.8, 4) is 0 Å². The Morgan fingerprint density at radius 3 is 2.92 bits per heavy atom. The van der Waals surface area contributed by atoms with E-state index in [4.69, 9.17) is 5.11 Å². The molecule has 0 spiro atoms. The number of ketones is 1. The van der Waals surface area contributed by atoms with Gasteiger partial charge in [0.1, 0.15) is 0 Å². The third-order valence-electron chi connectivity index (χ3n) is 1.39. The van der Waals surface area contributed by atoms with Crippen LogP contribution >= 0.6 is 11.8 Å². The molecule has 0 aromatic carbocycles. The molecular weight excluding hydrogens is 172 g/mol.